The van der Waals surface area contributed by atoms with Gasteiger partial charge in [0, 0.05) is 18.5 Å². The smallest absolute Gasteiger partial charge is 0.166 e. The van der Waals surface area contributed by atoms with Crippen LogP contribution in [0.1, 0.15) is 59.9 Å². The molecule has 0 radical (unpaired) electrons. The Bertz CT molecular complexity index is 515. The number of nitrogens with zero attached hydrogens (tertiary/aromatic N) is 2. The van der Waals surface area contributed by atoms with Crippen LogP contribution in [-0.4, -0.2) is 28.0 Å². The lowest BCUT2D eigenvalue weighted by atomic mass is 9.88. The van der Waals surface area contributed by atoms with E-state index in [4.69, 9.17) is 4.74 Å². The molecule has 2 saturated heterocycles. The Hall–Kier alpha value is -1.29. The normalized spacial score (nSPS) is 33.8. The van der Waals surface area contributed by atoms with Crippen LogP contribution in [0.2, 0.25) is 0 Å². The highest BCUT2D eigenvalue weighted by Gasteiger charge is 2.43. The number of ketones is 1. The van der Waals surface area contributed by atoms with Crippen molar-refractivity contribution in [1.82, 2.24) is 9.97 Å². The van der Waals surface area contributed by atoms with E-state index in [-0.39, 0.29) is 5.78 Å². The van der Waals surface area contributed by atoms with Crippen LogP contribution in [0.25, 0.3) is 0 Å². The third kappa shape index (κ3) is 1.52. The van der Waals surface area contributed by atoms with E-state index in [2.05, 4.69) is 9.97 Å². The molecule has 3 unspecified atom stereocenters. The molecule has 0 saturated carbocycles. The molecule has 0 aromatic carbocycles. The lowest BCUT2D eigenvalue weighted by Gasteiger charge is -2.19. The summed E-state index contributed by atoms with van der Waals surface area (Å²) >= 11 is 0. The monoisotopic (exact) mass is 244 g/mol. The standard InChI is InChI=1S/C14H16N2O2/c17-12-3-1-2-11-10(12)7-15-14(16-11)9-6-8-4-5-13(9)18-8/h7-9,13H,1-6H2. The van der Waals surface area contributed by atoms with Crippen molar-refractivity contribution in [1.29, 1.82) is 0 Å². The third-order valence-electron chi connectivity index (χ3n) is 4.44. The molecule has 4 nitrogen and oxygen atoms in total. The van der Waals surface area contributed by atoms with Crippen LogP contribution in [0.15, 0.2) is 6.20 Å². The van der Waals surface area contributed by atoms with Crippen molar-refractivity contribution < 1.29 is 9.53 Å². The molecule has 1 aliphatic carbocycles. The molecule has 3 atom stereocenters. The number of ether oxygens (including phenoxy) is 1. The van der Waals surface area contributed by atoms with E-state index in [9.17, 15) is 4.79 Å². The van der Waals surface area contributed by atoms with Crippen molar-refractivity contribution in [2.45, 2.75) is 56.7 Å². The average molecular weight is 244 g/mol. The van der Waals surface area contributed by atoms with Crippen LogP contribution in [0, 0.1) is 0 Å². The number of Topliss-reactive ketones (excluding diaryl/α,β-unsaturated/α-hetero) is 1. The molecule has 0 N–H and O–H groups in total. The fraction of sp³-hybridized carbons (Fsp3) is 0.643. The second-order valence-electron chi connectivity index (χ2n) is 5.58. The molecule has 1 aromatic rings. The van der Waals surface area contributed by atoms with Crippen LogP contribution in [0.5, 0.6) is 0 Å². The number of carbonyl (C=O) groups is 1. The molecule has 3 heterocycles. The fourth-order valence-corrected chi connectivity index (χ4v) is 3.50. The van der Waals surface area contributed by atoms with Gasteiger partial charge in [0.05, 0.1) is 23.5 Å². The Kier molecular flexibility index (Phi) is 2.27. The molecule has 2 aliphatic heterocycles. The highest BCUT2D eigenvalue weighted by molar-refractivity contribution is 5.97. The van der Waals surface area contributed by atoms with Gasteiger partial charge in [-0.1, -0.05) is 0 Å². The first-order valence-corrected chi connectivity index (χ1v) is 6.86. The maximum Gasteiger partial charge on any atom is 0.166 e. The zero-order chi connectivity index (χ0) is 12.1. The van der Waals surface area contributed by atoms with Crippen molar-refractivity contribution >= 4 is 5.78 Å². The van der Waals surface area contributed by atoms with Crippen molar-refractivity contribution in [3.8, 4) is 0 Å². The van der Waals surface area contributed by atoms with Gasteiger partial charge in [0.1, 0.15) is 5.82 Å². The van der Waals surface area contributed by atoms with Crippen LogP contribution in [0.3, 0.4) is 0 Å². The Morgan fingerprint density at radius 1 is 1.28 bits per heavy atom. The van der Waals surface area contributed by atoms with Crippen LogP contribution in [0.4, 0.5) is 0 Å². The highest BCUT2D eigenvalue weighted by atomic mass is 16.5. The van der Waals surface area contributed by atoms with Gasteiger partial charge >= 0.3 is 0 Å². The van der Waals surface area contributed by atoms with Gasteiger partial charge in [-0.05, 0) is 32.1 Å². The van der Waals surface area contributed by atoms with Gasteiger partial charge < -0.3 is 4.74 Å². The number of carbonyl (C=O) groups excluding carboxylic acids is 1. The first kappa shape index (κ1) is 10.6. The predicted molar refractivity (Wildman–Crippen MR) is 64.6 cm³/mol. The van der Waals surface area contributed by atoms with Crippen molar-refractivity contribution in [3.63, 3.8) is 0 Å². The summed E-state index contributed by atoms with van der Waals surface area (Å²) in [5, 5.41) is 0. The second-order valence-corrected chi connectivity index (χ2v) is 5.58. The minimum Gasteiger partial charge on any atom is -0.374 e. The number of hydrogen-bond donors (Lipinski definition) is 0. The Balaban J connectivity index is 1.68. The zero-order valence-electron chi connectivity index (χ0n) is 10.3. The summed E-state index contributed by atoms with van der Waals surface area (Å²) in [6.45, 7) is 0. The first-order valence-electron chi connectivity index (χ1n) is 6.86. The molecule has 4 rings (SSSR count). The SMILES string of the molecule is O=C1CCCc2nc(C3CC4CCC3O4)ncc21. The van der Waals surface area contributed by atoms with E-state index in [0.29, 0.717) is 24.5 Å². The van der Waals surface area contributed by atoms with Crippen molar-refractivity contribution in [2.75, 3.05) is 0 Å². The van der Waals surface area contributed by atoms with Crippen LogP contribution >= 0.6 is 0 Å². The topological polar surface area (TPSA) is 52.1 Å². The molecule has 2 bridgehead atoms. The van der Waals surface area contributed by atoms with Gasteiger partial charge in [-0.3, -0.25) is 4.79 Å². The molecule has 1 aromatic heterocycles. The molecule has 4 heteroatoms. The minimum atomic E-state index is 0.201. The van der Waals surface area contributed by atoms with Crippen LogP contribution < -0.4 is 0 Å². The number of hydrogen-bond acceptors (Lipinski definition) is 4. The summed E-state index contributed by atoms with van der Waals surface area (Å²) in [5.74, 6) is 1.45. The highest BCUT2D eigenvalue weighted by Crippen LogP contribution is 2.43. The van der Waals surface area contributed by atoms with E-state index < -0.39 is 0 Å². The predicted octanol–water partition coefficient (Wildman–Crippen LogP) is 2.03. The summed E-state index contributed by atoms with van der Waals surface area (Å²) in [6, 6.07) is 0. The van der Waals surface area contributed by atoms with E-state index in [1.165, 1.54) is 6.42 Å². The lowest BCUT2D eigenvalue weighted by molar-refractivity contribution is 0.0970. The van der Waals surface area contributed by atoms with Crippen LogP contribution in [-0.2, 0) is 11.2 Å². The third-order valence-corrected chi connectivity index (χ3v) is 4.44. The Morgan fingerprint density at radius 3 is 3.00 bits per heavy atom. The summed E-state index contributed by atoms with van der Waals surface area (Å²) in [6.07, 6.45) is 8.33. The maximum absolute atomic E-state index is 11.7. The molecular formula is C14H16N2O2. The summed E-state index contributed by atoms with van der Waals surface area (Å²) in [5.41, 5.74) is 1.70. The first-order chi connectivity index (χ1) is 8.81. The maximum atomic E-state index is 11.7. The number of aryl methyl sites for hydroxylation is 1. The molecule has 0 amide bonds. The largest absolute Gasteiger partial charge is 0.374 e. The quantitative estimate of drug-likeness (QED) is 0.758. The van der Waals surface area contributed by atoms with Gasteiger partial charge in [-0.15, -0.1) is 0 Å². The number of aromatic nitrogens is 2. The zero-order valence-corrected chi connectivity index (χ0v) is 10.3. The van der Waals surface area contributed by atoms with Crippen molar-refractivity contribution in [3.05, 3.63) is 23.3 Å². The molecule has 3 aliphatic rings. The van der Waals surface area contributed by atoms with E-state index >= 15 is 0 Å². The minimum absolute atomic E-state index is 0.201. The second kappa shape index (κ2) is 3.85. The Labute approximate surface area is 106 Å². The Morgan fingerprint density at radius 2 is 2.22 bits per heavy atom. The van der Waals surface area contributed by atoms with Gasteiger partial charge in [-0.25, -0.2) is 9.97 Å². The van der Waals surface area contributed by atoms with Gasteiger partial charge in [0.15, 0.2) is 5.78 Å². The summed E-state index contributed by atoms with van der Waals surface area (Å²) in [4.78, 5) is 20.8. The summed E-state index contributed by atoms with van der Waals surface area (Å²) in [7, 11) is 0. The van der Waals surface area contributed by atoms with Gasteiger partial charge in [-0.2, -0.15) is 0 Å². The molecular weight excluding hydrogens is 228 g/mol. The molecule has 94 valence electrons. The molecule has 18 heavy (non-hydrogen) atoms. The lowest BCUT2D eigenvalue weighted by Crippen LogP contribution is -2.20. The van der Waals surface area contributed by atoms with E-state index in [1.54, 1.807) is 6.20 Å². The molecule has 2 fully saturated rings. The van der Waals surface area contributed by atoms with Gasteiger partial charge in [0.2, 0.25) is 0 Å². The summed E-state index contributed by atoms with van der Waals surface area (Å²) < 4.78 is 5.86. The average Bonchev–Trinajstić information content (AvgIpc) is 3.01. The van der Waals surface area contributed by atoms with Crippen molar-refractivity contribution in [2.24, 2.45) is 0 Å². The molecule has 0 spiro atoms. The number of fused-ring (bicyclic) bond motifs is 3. The van der Waals surface area contributed by atoms with Gasteiger partial charge in [0.25, 0.3) is 0 Å². The number of rotatable bonds is 1. The van der Waals surface area contributed by atoms with E-state index in [1.807, 2.05) is 0 Å². The van der Waals surface area contributed by atoms with E-state index in [0.717, 1.165) is 42.8 Å². The fourth-order valence-electron chi connectivity index (χ4n) is 3.50.